The molecule has 0 spiro atoms. The Labute approximate surface area is 110 Å². The molecular formula is C15H27NO2. The normalized spacial score (nSPS) is 40.7. The summed E-state index contributed by atoms with van der Waals surface area (Å²) in [5, 5.41) is 0. The molecule has 0 bridgehead atoms. The number of rotatable bonds is 3. The number of esters is 1. The Hall–Kier alpha value is -0.570. The Kier molecular flexibility index (Phi) is 4.66. The fourth-order valence-electron chi connectivity index (χ4n) is 3.49. The summed E-state index contributed by atoms with van der Waals surface area (Å²) in [4.78, 5) is 12.2. The molecule has 0 aromatic heterocycles. The molecule has 0 aromatic carbocycles. The summed E-state index contributed by atoms with van der Waals surface area (Å²) in [6.07, 6.45) is 6.60. The first-order chi connectivity index (χ1) is 8.61. The van der Waals surface area contributed by atoms with Crippen molar-refractivity contribution < 1.29 is 9.53 Å². The minimum absolute atomic E-state index is 0.0229. The summed E-state index contributed by atoms with van der Waals surface area (Å²) in [6.45, 7) is 5.19. The van der Waals surface area contributed by atoms with Crippen molar-refractivity contribution >= 4 is 5.97 Å². The summed E-state index contributed by atoms with van der Waals surface area (Å²) >= 11 is 0. The van der Waals surface area contributed by atoms with Crippen LogP contribution in [0.15, 0.2) is 0 Å². The van der Waals surface area contributed by atoms with E-state index in [4.69, 9.17) is 10.5 Å². The Balaban J connectivity index is 1.84. The van der Waals surface area contributed by atoms with Crippen LogP contribution in [0.4, 0.5) is 0 Å². The van der Waals surface area contributed by atoms with Crippen LogP contribution in [0.25, 0.3) is 0 Å². The van der Waals surface area contributed by atoms with Gasteiger partial charge in [-0.2, -0.15) is 0 Å². The zero-order valence-corrected chi connectivity index (χ0v) is 11.7. The molecule has 0 aromatic rings. The van der Waals surface area contributed by atoms with Crippen molar-refractivity contribution in [3.63, 3.8) is 0 Å². The molecule has 0 amide bonds. The first-order valence-corrected chi connectivity index (χ1v) is 7.52. The predicted octanol–water partition coefficient (Wildman–Crippen LogP) is 2.73. The van der Waals surface area contributed by atoms with Gasteiger partial charge in [0.25, 0.3) is 0 Å². The van der Waals surface area contributed by atoms with Crippen LogP contribution in [0.2, 0.25) is 0 Å². The van der Waals surface area contributed by atoms with Crippen molar-refractivity contribution in [1.82, 2.24) is 0 Å². The van der Waals surface area contributed by atoms with E-state index in [0.29, 0.717) is 18.4 Å². The van der Waals surface area contributed by atoms with Crippen LogP contribution in [0.3, 0.4) is 0 Å². The van der Waals surface area contributed by atoms with Crippen LogP contribution >= 0.6 is 0 Å². The van der Waals surface area contributed by atoms with Gasteiger partial charge < -0.3 is 10.5 Å². The van der Waals surface area contributed by atoms with E-state index >= 15 is 0 Å². The fourth-order valence-corrected chi connectivity index (χ4v) is 3.49. The molecule has 3 heteroatoms. The van der Waals surface area contributed by atoms with Gasteiger partial charge in [-0.15, -0.1) is 0 Å². The molecule has 5 unspecified atom stereocenters. The van der Waals surface area contributed by atoms with Gasteiger partial charge >= 0.3 is 5.97 Å². The topological polar surface area (TPSA) is 52.3 Å². The molecule has 0 aliphatic heterocycles. The second-order valence-corrected chi connectivity index (χ2v) is 6.36. The van der Waals surface area contributed by atoms with Crippen molar-refractivity contribution in [2.45, 2.75) is 58.5 Å². The van der Waals surface area contributed by atoms with Gasteiger partial charge in [-0.05, 0) is 56.4 Å². The molecule has 18 heavy (non-hydrogen) atoms. The largest absolute Gasteiger partial charge is 0.462 e. The van der Waals surface area contributed by atoms with Crippen LogP contribution < -0.4 is 5.73 Å². The van der Waals surface area contributed by atoms with E-state index < -0.39 is 0 Å². The SMILES string of the molecule is CC1CCC(OC(=O)C2CCCC2CN)CC1C. The molecule has 0 heterocycles. The quantitative estimate of drug-likeness (QED) is 0.787. The highest BCUT2D eigenvalue weighted by molar-refractivity contribution is 5.73. The second kappa shape index (κ2) is 6.05. The second-order valence-electron chi connectivity index (χ2n) is 6.36. The van der Waals surface area contributed by atoms with Gasteiger partial charge in [0.15, 0.2) is 0 Å². The molecule has 5 atom stereocenters. The summed E-state index contributed by atoms with van der Waals surface area (Å²) < 4.78 is 5.73. The number of carbonyl (C=O) groups excluding carboxylic acids is 1. The summed E-state index contributed by atoms with van der Waals surface area (Å²) in [5.41, 5.74) is 5.73. The van der Waals surface area contributed by atoms with Gasteiger partial charge in [-0.3, -0.25) is 4.79 Å². The van der Waals surface area contributed by atoms with Crippen LogP contribution in [-0.2, 0) is 9.53 Å². The summed E-state index contributed by atoms with van der Waals surface area (Å²) in [5.74, 6) is 1.89. The smallest absolute Gasteiger partial charge is 0.309 e. The summed E-state index contributed by atoms with van der Waals surface area (Å²) in [6, 6.07) is 0. The van der Waals surface area contributed by atoms with Gasteiger partial charge in [0.1, 0.15) is 6.10 Å². The lowest BCUT2D eigenvalue weighted by atomic mass is 9.80. The third kappa shape index (κ3) is 3.05. The Morgan fingerprint density at radius 2 is 1.94 bits per heavy atom. The Morgan fingerprint density at radius 1 is 1.17 bits per heavy atom. The maximum Gasteiger partial charge on any atom is 0.309 e. The zero-order valence-electron chi connectivity index (χ0n) is 11.7. The van der Waals surface area contributed by atoms with Crippen molar-refractivity contribution in [2.75, 3.05) is 6.54 Å². The maximum atomic E-state index is 12.2. The van der Waals surface area contributed by atoms with Gasteiger partial charge in [0.05, 0.1) is 5.92 Å². The number of carbonyl (C=O) groups is 1. The molecule has 3 nitrogen and oxygen atoms in total. The van der Waals surface area contributed by atoms with Gasteiger partial charge in [0, 0.05) is 0 Å². The van der Waals surface area contributed by atoms with Gasteiger partial charge in [0.2, 0.25) is 0 Å². The third-order valence-corrected chi connectivity index (χ3v) is 5.10. The van der Waals surface area contributed by atoms with E-state index in [1.165, 1.54) is 6.42 Å². The van der Waals surface area contributed by atoms with E-state index in [1.54, 1.807) is 0 Å². The lowest BCUT2D eigenvalue weighted by molar-refractivity contribution is -0.158. The van der Waals surface area contributed by atoms with Crippen molar-refractivity contribution in [1.29, 1.82) is 0 Å². The van der Waals surface area contributed by atoms with E-state index in [-0.39, 0.29) is 18.0 Å². The number of ether oxygens (including phenoxy) is 1. The number of hydrogen-bond donors (Lipinski definition) is 1. The van der Waals surface area contributed by atoms with Crippen LogP contribution in [0, 0.1) is 23.7 Å². The first kappa shape index (κ1) is 13.9. The van der Waals surface area contributed by atoms with E-state index in [2.05, 4.69) is 13.8 Å². The van der Waals surface area contributed by atoms with Crippen LogP contribution in [0.1, 0.15) is 52.4 Å². The predicted molar refractivity (Wildman–Crippen MR) is 71.9 cm³/mol. The van der Waals surface area contributed by atoms with Crippen molar-refractivity contribution in [3.8, 4) is 0 Å². The highest BCUT2D eigenvalue weighted by Gasteiger charge is 2.35. The molecule has 2 aliphatic carbocycles. The molecule has 2 aliphatic rings. The standard InChI is InChI=1S/C15H27NO2/c1-10-6-7-13(8-11(10)2)18-15(17)14-5-3-4-12(14)9-16/h10-14H,3-9,16H2,1-2H3. The molecule has 2 saturated carbocycles. The molecule has 2 N–H and O–H groups in total. The van der Waals surface area contributed by atoms with E-state index in [9.17, 15) is 4.79 Å². The highest BCUT2D eigenvalue weighted by atomic mass is 16.5. The monoisotopic (exact) mass is 253 g/mol. The van der Waals surface area contributed by atoms with E-state index in [0.717, 1.165) is 38.0 Å². The minimum Gasteiger partial charge on any atom is -0.462 e. The zero-order chi connectivity index (χ0) is 13.1. The molecule has 2 rings (SSSR count). The Morgan fingerprint density at radius 3 is 2.61 bits per heavy atom. The highest BCUT2D eigenvalue weighted by Crippen LogP contribution is 2.35. The first-order valence-electron chi connectivity index (χ1n) is 7.52. The Bertz CT molecular complexity index is 292. The molecule has 104 valence electrons. The van der Waals surface area contributed by atoms with E-state index in [1.807, 2.05) is 0 Å². The van der Waals surface area contributed by atoms with Crippen molar-refractivity contribution in [3.05, 3.63) is 0 Å². The molecule has 0 saturated heterocycles. The molecule has 0 radical (unpaired) electrons. The average molecular weight is 253 g/mol. The van der Waals surface area contributed by atoms with Gasteiger partial charge in [-0.25, -0.2) is 0 Å². The van der Waals surface area contributed by atoms with Crippen LogP contribution in [0.5, 0.6) is 0 Å². The van der Waals surface area contributed by atoms with Crippen LogP contribution in [-0.4, -0.2) is 18.6 Å². The number of nitrogens with two attached hydrogens (primary N) is 1. The lowest BCUT2D eigenvalue weighted by Gasteiger charge is -2.32. The molecular weight excluding hydrogens is 226 g/mol. The fraction of sp³-hybridized carbons (Fsp3) is 0.933. The lowest BCUT2D eigenvalue weighted by Crippen LogP contribution is -2.33. The number of hydrogen-bond acceptors (Lipinski definition) is 3. The van der Waals surface area contributed by atoms with Gasteiger partial charge in [-0.1, -0.05) is 20.3 Å². The maximum absolute atomic E-state index is 12.2. The molecule has 2 fully saturated rings. The van der Waals surface area contributed by atoms with Crippen molar-refractivity contribution in [2.24, 2.45) is 29.4 Å². The third-order valence-electron chi connectivity index (χ3n) is 5.10. The minimum atomic E-state index is 0.0229. The summed E-state index contributed by atoms with van der Waals surface area (Å²) in [7, 11) is 0. The average Bonchev–Trinajstić information content (AvgIpc) is 2.82.